The molecular weight excluding hydrogens is 331 g/mol. The molecule has 1 aliphatic heterocycles. The highest BCUT2D eigenvalue weighted by Gasteiger charge is 2.44. The molecule has 0 bridgehead atoms. The van der Waals surface area contributed by atoms with Crippen molar-refractivity contribution >= 4 is 13.2 Å². The van der Waals surface area contributed by atoms with E-state index in [1.165, 1.54) is 16.8 Å². The summed E-state index contributed by atoms with van der Waals surface area (Å²) in [4.78, 5) is 26.0. The van der Waals surface area contributed by atoms with E-state index in [1.807, 2.05) is 0 Å². The third-order valence-corrected chi connectivity index (χ3v) is 5.52. The summed E-state index contributed by atoms with van der Waals surface area (Å²) in [5.41, 5.74) is -1.06. The van der Waals surface area contributed by atoms with Gasteiger partial charge in [0.15, 0.2) is 0 Å². The zero-order valence-electron chi connectivity index (χ0n) is 14.0. The minimum atomic E-state index is -1.29. The topological polar surface area (TPSA) is 105 Å². The highest BCUT2D eigenvalue weighted by molar-refractivity contribution is 7.72. The van der Waals surface area contributed by atoms with Crippen LogP contribution in [0.4, 0.5) is 0 Å². The van der Waals surface area contributed by atoms with Gasteiger partial charge in [-0.3, -0.25) is 14.3 Å². The van der Waals surface area contributed by atoms with E-state index >= 15 is 0 Å². The Morgan fingerprint density at radius 1 is 1.38 bits per heavy atom. The summed E-state index contributed by atoms with van der Waals surface area (Å²) in [7, 11) is 0. The Morgan fingerprint density at radius 2 is 2.04 bits per heavy atom. The van der Waals surface area contributed by atoms with Crippen LogP contribution in [0.2, 0.25) is 0 Å². The Kier molecular flexibility index (Phi) is 5.71. The van der Waals surface area contributed by atoms with Gasteiger partial charge < -0.3 is 14.9 Å². The Labute approximate surface area is 140 Å². The van der Waals surface area contributed by atoms with Crippen molar-refractivity contribution in [1.29, 1.82) is 0 Å². The lowest BCUT2D eigenvalue weighted by atomic mass is 10.0. The summed E-state index contributed by atoms with van der Waals surface area (Å²) >= 11 is 0. The van der Waals surface area contributed by atoms with Crippen LogP contribution in [0.15, 0.2) is 28.4 Å². The highest BCUT2D eigenvalue weighted by Crippen LogP contribution is 2.40. The molecule has 8 heteroatoms. The molecule has 4 atom stereocenters. The Hall–Kier alpha value is -1.40. The van der Waals surface area contributed by atoms with Gasteiger partial charge in [0, 0.05) is 12.7 Å². The van der Waals surface area contributed by atoms with Crippen molar-refractivity contribution < 1.29 is 14.9 Å². The maximum atomic E-state index is 12.1. The summed E-state index contributed by atoms with van der Waals surface area (Å²) in [6.45, 7) is 6.65. The monoisotopic (exact) mass is 356 g/mol. The van der Waals surface area contributed by atoms with Gasteiger partial charge in [-0.2, -0.15) is 0 Å². The lowest BCUT2D eigenvalue weighted by Crippen LogP contribution is -2.35. The number of aromatic nitrogens is 2. The summed E-state index contributed by atoms with van der Waals surface area (Å²) in [5, 5.41) is 20.5. The largest absolute Gasteiger partial charge is 0.388 e. The third-order valence-electron chi connectivity index (χ3n) is 4.05. The minimum absolute atomic E-state index is 0.120. The number of aliphatic hydroxyl groups is 2. The number of nitrogens with one attached hydrogen (secondary N) is 1. The molecule has 0 aromatic carbocycles. The number of rotatable bonds is 6. The zero-order valence-corrected chi connectivity index (χ0v) is 14.9. The van der Waals surface area contributed by atoms with E-state index < -0.39 is 42.6 Å². The SMILES string of the molecule is C=CCn1cc([C@@H]2O[C@H](CCP(=C)(C)C)[C@@H](O)[C@H]2O)c(=O)[nH]c1=O. The quantitative estimate of drug-likeness (QED) is 0.491. The molecule has 1 aromatic heterocycles. The van der Waals surface area contributed by atoms with E-state index in [-0.39, 0.29) is 12.1 Å². The maximum absolute atomic E-state index is 12.1. The molecule has 1 fully saturated rings. The summed E-state index contributed by atoms with van der Waals surface area (Å²) in [5.74, 6) is 0. The van der Waals surface area contributed by atoms with E-state index in [2.05, 4.69) is 31.2 Å². The lowest BCUT2D eigenvalue weighted by Gasteiger charge is -2.18. The van der Waals surface area contributed by atoms with Crippen molar-refractivity contribution in [2.24, 2.45) is 0 Å². The molecule has 0 aliphatic carbocycles. The molecule has 1 aromatic rings. The van der Waals surface area contributed by atoms with E-state index in [0.717, 1.165) is 6.16 Å². The van der Waals surface area contributed by atoms with Gasteiger partial charge in [0.25, 0.3) is 5.56 Å². The van der Waals surface area contributed by atoms with Gasteiger partial charge in [0.05, 0.1) is 11.7 Å². The van der Waals surface area contributed by atoms with Gasteiger partial charge in [-0.15, -0.1) is 19.8 Å². The standard InChI is InChI=1S/C16H25N2O5P/c1-5-7-18-9-10(15(21)17-16(18)22)14-13(20)12(19)11(23-14)6-8-24(2,3)4/h5,9,11-14,19-20H,1-2,6-8H2,3-4H3,(H,17,21,22)/t11-,12-,13-,14+/m1/s1. The number of nitrogens with zero attached hydrogens (tertiary/aromatic N) is 1. The number of hydrogen-bond acceptors (Lipinski definition) is 5. The lowest BCUT2D eigenvalue weighted by molar-refractivity contribution is 0.00496. The van der Waals surface area contributed by atoms with E-state index in [0.29, 0.717) is 6.42 Å². The zero-order chi connectivity index (χ0) is 18.1. The predicted octanol–water partition coefficient (Wildman–Crippen LogP) is -0.0164. The second-order valence-corrected chi connectivity index (χ2v) is 11.1. The second-order valence-electron chi connectivity index (χ2n) is 6.81. The molecule has 2 rings (SSSR count). The van der Waals surface area contributed by atoms with E-state index in [9.17, 15) is 19.8 Å². The van der Waals surface area contributed by atoms with Gasteiger partial charge in [-0.05, 0) is 25.9 Å². The molecule has 2 heterocycles. The Bertz CT molecular complexity index is 762. The predicted molar refractivity (Wildman–Crippen MR) is 96.5 cm³/mol. The molecule has 0 unspecified atom stereocenters. The number of aliphatic hydroxyl groups excluding tert-OH is 2. The fourth-order valence-corrected chi connectivity index (χ4v) is 3.68. The Morgan fingerprint density at radius 3 is 2.62 bits per heavy atom. The first-order valence-electron chi connectivity index (χ1n) is 7.77. The van der Waals surface area contributed by atoms with Gasteiger partial charge in [0.2, 0.25) is 0 Å². The van der Waals surface area contributed by atoms with Crippen LogP contribution < -0.4 is 11.2 Å². The Balaban J connectivity index is 2.28. The number of hydrogen-bond donors (Lipinski definition) is 3. The fourth-order valence-electron chi connectivity index (χ4n) is 2.72. The van der Waals surface area contributed by atoms with Crippen LogP contribution in [0.5, 0.6) is 0 Å². The van der Waals surface area contributed by atoms with Gasteiger partial charge in [-0.1, -0.05) is 6.08 Å². The average molecular weight is 356 g/mol. The number of aromatic amines is 1. The maximum Gasteiger partial charge on any atom is 0.328 e. The van der Waals surface area contributed by atoms with Crippen LogP contribution in [0.25, 0.3) is 0 Å². The van der Waals surface area contributed by atoms with Gasteiger partial charge in [0.1, 0.15) is 18.3 Å². The van der Waals surface area contributed by atoms with Gasteiger partial charge >= 0.3 is 5.69 Å². The van der Waals surface area contributed by atoms with Crippen molar-refractivity contribution in [3.63, 3.8) is 0 Å². The first-order chi connectivity index (χ1) is 11.1. The summed E-state index contributed by atoms with van der Waals surface area (Å²) < 4.78 is 7.02. The molecule has 134 valence electrons. The van der Waals surface area contributed by atoms with Crippen molar-refractivity contribution in [2.75, 3.05) is 19.5 Å². The molecular formula is C16H25N2O5P. The van der Waals surface area contributed by atoms with E-state index in [1.54, 1.807) is 0 Å². The molecule has 1 aliphatic rings. The van der Waals surface area contributed by atoms with Crippen LogP contribution >= 0.6 is 6.89 Å². The van der Waals surface area contributed by atoms with Crippen LogP contribution in [0, 0.1) is 0 Å². The summed E-state index contributed by atoms with van der Waals surface area (Å²) in [6.07, 6.45) is 4.51. The number of allylic oxidation sites excluding steroid dienone is 1. The first-order valence-corrected chi connectivity index (χ1v) is 10.8. The van der Waals surface area contributed by atoms with Crippen LogP contribution in [0.3, 0.4) is 0 Å². The van der Waals surface area contributed by atoms with Crippen LogP contribution in [-0.4, -0.2) is 63.9 Å². The van der Waals surface area contributed by atoms with Crippen molar-refractivity contribution in [3.05, 3.63) is 45.3 Å². The molecule has 0 radical (unpaired) electrons. The summed E-state index contributed by atoms with van der Waals surface area (Å²) in [6, 6.07) is 0. The highest BCUT2D eigenvalue weighted by atomic mass is 31.2. The van der Waals surface area contributed by atoms with Crippen LogP contribution in [-0.2, 0) is 11.3 Å². The van der Waals surface area contributed by atoms with Gasteiger partial charge in [-0.25, -0.2) is 4.79 Å². The first kappa shape index (κ1) is 18.9. The third kappa shape index (κ3) is 4.16. The van der Waals surface area contributed by atoms with Crippen LogP contribution in [0.1, 0.15) is 18.1 Å². The molecule has 7 nitrogen and oxygen atoms in total. The minimum Gasteiger partial charge on any atom is -0.388 e. The smallest absolute Gasteiger partial charge is 0.328 e. The second kappa shape index (κ2) is 7.23. The van der Waals surface area contributed by atoms with Crippen molar-refractivity contribution in [3.8, 4) is 0 Å². The van der Waals surface area contributed by atoms with Crippen molar-refractivity contribution in [2.45, 2.75) is 37.4 Å². The van der Waals surface area contributed by atoms with Crippen molar-refractivity contribution in [1.82, 2.24) is 9.55 Å². The molecule has 0 amide bonds. The number of ether oxygens (including phenoxy) is 1. The van der Waals surface area contributed by atoms with E-state index in [4.69, 9.17) is 4.74 Å². The number of H-pyrrole nitrogens is 1. The fraction of sp³-hybridized carbons (Fsp3) is 0.562. The molecule has 1 saturated heterocycles. The average Bonchev–Trinajstić information content (AvgIpc) is 2.75. The molecule has 0 saturated carbocycles. The normalized spacial score (nSPS) is 27.3. The molecule has 3 N–H and O–H groups in total. The molecule has 24 heavy (non-hydrogen) atoms. The molecule has 0 spiro atoms.